The summed E-state index contributed by atoms with van der Waals surface area (Å²) in [5.41, 5.74) is 7.63. The molecule has 5 nitrogen and oxygen atoms in total. The minimum atomic E-state index is -0.908. The Bertz CT molecular complexity index is 1430. The van der Waals surface area contributed by atoms with Gasteiger partial charge in [-0.2, -0.15) is 0 Å². The smallest absolute Gasteiger partial charge is 0.335 e. The molecule has 4 aromatic rings. The van der Waals surface area contributed by atoms with Gasteiger partial charge in [-0.05, 0) is 53.6 Å². The lowest BCUT2D eigenvalue weighted by Crippen LogP contribution is -2.07. The van der Waals surface area contributed by atoms with Gasteiger partial charge in [-0.25, -0.2) is 4.79 Å². The highest BCUT2D eigenvalue weighted by Crippen LogP contribution is 2.49. The van der Waals surface area contributed by atoms with E-state index in [0.29, 0.717) is 24.6 Å². The van der Waals surface area contributed by atoms with Crippen molar-refractivity contribution >= 4 is 16.9 Å². The number of carboxylic acids is 1. The molecule has 6 rings (SSSR count). The number of nitrogens with zero attached hydrogens (tertiary/aromatic N) is 1. The Morgan fingerprint density at radius 3 is 2.51 bits per heavy atom. The Labute approximate surface area is 204 Å². The maximum absolute atomic E-state index is 11.8. The number of ether oxygens (including phenoxy) is 1. The number of carboxylic acid groups (broad SMARTS) is 1. The van der Waals surface area contributed by atoms with Crippen LogP contribution in [-0.4, -0.2) is 27.4 Å². The lowest BCUT2D eigenvalue weighted by atomic mass is 9.81. The number of aromatic carboxylic acids is 1. The van der Waals surface area contributed by atoms with E-state index >= 15 is 0 Å². The molecular weight excluding hydrogens is 438 g/mol. The summed E-state index contributed by atoms with van der Waals surface area (Å²) in [4.78, 5) is 11.8. The van der Waals surface area contributed by atoms with Crippen molar-refractivity contribution in [2.24, 2.45) is 0 Å². The number of carbonyl (C=O) groups is 1. The minimum Gasteiger partial charge on any atom is -0.490 e. The van der Waals surface area contributed by atoms with Gasteiger partial charge >= 0.3 is 5.97 Å². The number of para-hydroxylation sites is 1. The van der Waals surface area contributed by atoms with E-state index in [9.17, 15) is 15.0 Å². The van der Waals surface area contributed by atoms with E-state index in [-0.39, 0.29) is 6.61 Å². The first kappa shape index (κ1) is 21.9. The first-order valence-electron chi connectivity index (χ1n) is 12.5. The molecule has 178 valence electrons. The third-order valence-electron chi connectivity index (χ3n) is 7.67. The first-order valence-corrected chi connectivity index (χ1v) is 12.5. The summed E-state index contributed by atoms with van der Waals surface area (Å²) in [6, 6.07) is 19.7. The van der Waals surface area contributed by atoms with Crippen LogP contribution in [0.1, 0.15) is 59.5 Å². The average molecular weight is 468 g/mol. The molecule has 0 spiro atoms. The lowest BCUT2D eigenvalue weighted by Gasteiger charge is -2.24. The van der Waals surface area contributed by atoms with Crippen LogP contribution in [0.25, 0.3) is 33.3 Å². The first-order chi connectivity index (χ1) is 17.2. The monoisotopic (exact) mass is 467 g/mol. The lowest BCUT2D eigenvalue weighted by molar-refractivity contribution is 0.0697. The maximum Gasteiger partial charge on any atom is 0.335 e. The summed E-state index contributed by atoms with van der Waals surface area (Å²) in [5.74, 6) is 0.373. The number of benzene rings is 3. The molecule has 0 amide bonds. The van der Waals surface area contributed by atoms with Crippen molar-refractivity contribution in [2.45, 2.75) is 51.2 Å². The van der Waals surface area contributed by atoms with Crippen LogP contribution in [0, 0.1) is 0 Å². The summed E-state index contributed by atoms with van der Waals surface area (Å²) in [6.45, 7) is 1.10. The van der Waals surface area contributed by atoms with Crippen molar-refractivity contribution in [1.82, 2.24) is 4.57 Å². The Balaban J connectivity index is 1.65. The molecule has 2 aliphatic rings. The predicted octanol–water partition coefficient (Wildman–Crippen LogP) is 6.61. The standard InChI is InChI=1S/C30H29NO4/c32-18-21-9-4-5-10-22(21)23-11-6-12-25-28-27(19-7-2-1-3-8-19)24-14-13-20(30(33)34)17-26(24)31(28)15-16-35-29(23)25/h4-6,9-14,17,19,32H,1-3,7-8,15-16,18H2,(H,33,34). The molecule has 0 atom stereocenters. The molecule has 5 heteroatoms. The van der Waals surface area contributed by atoms with E-state index in [2.05, 4.69) is 22.8 Å². The van der Waals surface area contributed by atoms with E-state index in [1.54, 1.807) is 6.07 Å². The molecule has 0 unspecified atom stereocenters. The van der Waals surface area contributed by atoms with Crippen molar-refractivity contribution in [3.63, 3.8) is 0 Å². The van der Waals surface area contributed by atoms with Crippen molar-refractivity contribution in [3.05, 3.63) is 77.4 Å². The van der Waals surface area contributed by atoms with E-state index in [0.717, 1.165) is 57.4 Å². The van der Waals surface area contributed by atoms with E-state index in [4.69, 9.17) is 4.74 Å². The Hall–Kier alpha value is -3.57. The zero-order valence-electron chi connectivity index (χ0n) is 19.7. The van der Waals surface area contributed by atoms with Crippen molar-refractivity contribution in [1.29, 1.82) is 0 Å². The summed E-state index contributed by atoms with van der Waals surface area (Å²) in [6.07, 6.45) is 6.01. The topological polar surface area (TPSA) is 71.7 Å². The fourth-order valence-electron chi connectivity index (χ4n) is 6.09. The van der Waals surface area contributed by atoms with Crippen LogP contribution in [0.3, 0.4) is 0 Å². The number of hydrogen-bond acceptors (Lipinski definition) is 3. The van der Waals surface area contributed by atoms with Gasteiger partial charge in [0.25, 0.3) is 0 Å². The molecule has 1 saturated carbocycles. The second-order valence-electron chi connectivity index (χ2n) is 9.63. The molecule has 0 saturated heterocycles. The van der Waals surface area contributed by atoms with Crippen LogP contribution < -0.4 is 4.74 Å². The van der Waals surface area contributed by atoms with Crippen LogP contribution in [0.2, 0.25) is 0 Å². The van der Waals surface area contributed by atoms with Gasteiger partial charge in [-0.15, -0.1) is 0 Å². The number of aromatic nitrogens is 1. The highest BCUT2D eigenvalue weighted by molar-refractivity contribution is 5.99. The second-order valence-corrected chi connectivity index (χ2v) is 9.63. The highest BCUT2D eigenvalue weighted by Gasteiger charge is 2.30. The highest BCUT2D eigenvalue weighted by atomic mass is 16.5. The summed E-state index contributed by atoms with van der Waals surface area (Å²) < 4.78 is 8.70. The second kappa shape index (κ2) is 8.90. The Morgan fingerprint density at radius 2 is 1.71 bits per heavy atom. The molecule has 1 aliphatic carbocycles. The Kier molecular flexibility index (Phi) is 5.57. The van der Waals surface area contributed by atoms with Crippen molar-refractivity contribution < 1.29 is 19.7 Å². The Morgan fingerprint density at radius 1 is 0.943 bits per heavy atom. The normalized spacial score (nSPS) is 15.8. The van der Waals surface area contributed by atoms with Gasteiger partial charge in [-0.1, -0.05) is 61.7 Å². The molecule has 0 radical (unpaired) electrons. The van der Waals surface area contributed by atoms with Gasteiger partial charge in [0, 0.05) is 22.0 Å². The molecule has 1 aliphatic heterocycles. The zero-order chi connectivity index (χ0) is 23.9. The van der Waals surface area contributed by atoms with Gasteiger partial charge in [-0.3, -0.25) is 0 Å². The van der Waals surface area contributed by atoms with E-state index < -0.39 is 5.97 Å². The van der Waals surface area contributed by atoms with Crippen molar-refractivity contribution in [3.8, 4) is 28.1 Å². The predicted molar refractivity (Wildman–Crippen MR) is 137 cm³/mol. The zero-order valence-corrected chi connectivity index (χ0v) is 19.7. The van der Waals surface area contributed by atoms with Crippen LogP contribution >= 0.6 is 0 Å². The number of aliphatic hydroxyl groups excluding tert-OH is 1. The summed E-state index contributed by atoms with van der Waals surface area (Å²) in [5, 5.41) is 20.8. The third kappa shape index (κ3) is 3.62. The minimum absolute atomic E-state index is 0.0363. The van der Waals surface area contributed by atoms with Crippen LogP contribution in [0.15, 0.2) is 60.7 Å². The molecule has 1 aromatic heterocycles. The maximum atomic E-state index is 11.8. The van der Waals surface area contributed by atoms with Gasteiger partial charge in [0.2, 0.25) is 0 Å². The quantitative estimate of drug-likeness (QED) is 0.354. The van der Waals surface area contributed by atoms with Gasteiger partial charge < -0.3 is 19.5 Å². The fourth-order valence-corrected chi connectivity index (χ4v) is 6.09. The molecule has 2 heterocycles. The SMILES string of the molecule is O=C(O)c1ccc2c(C3CCCCC3)c3n(c2c1)CCOc1c(-c2ccccc2CO)cccc1-3. The van der Waals surface area contributed by atoms with Gasteiger partial charge in [0.15, 0.2) is 0 Å². The van der Waals surface area contributed by atoms with E-state index in [1.165, 1.54) is 24.8 Å². The molecular formula is C30H29NO4. The molecule has 3 aromatic carbocycles. The van der Waals surface area contributed by atoms with Crippen LogP contribution in [-0.2, 0) is 13.2 Å². The van der Waals surface area contributed by atoms with Gasteiger partial charge in [0.1, 0.15) is 12.4 Å². The summed E-state index contributed by atoms with van der Waals surface area (Å²) in [7, 11) is 0. The molecule has 0 bridgehead atoms. The van der Waals surface area contributed by atoms with Crippen LogP contribution in [0.5, 0.6) is 5.75 Å². The number of aliphatic hydroxyl groups is 1. The van der Waals surface area contributed by atoms with Gasteiger partial charge in [0.05, 0.1) is 24.4 Å². The largest absolute Gasteiger partial charge is 0.490 e. The summed E-state index contributed by atoms with van der Waals surface area (Å²) >= 11 is 0. The van der Waals surface area contributed by atoms with Crippen LogP contribution in [0.4, 0.5) is 0 Å². The number of hydrogen-bond donors (Lipinski definition) is 2. The van der Waals surface area contributed by atoms with E-state index in [1.807, 2.05) is 36.4 Å². The number of fused-ring (bicyclic) bond motifs is 5. The number of rotatable bonds is 4. The molecule has 1 fully saturated rings. The van der Waals surface area contributed by atoms with Crippen molar-refractivity contribution in [2.75, 3.05) is 6.61 Å². The third-order valence-corrected chi connectivity index (χ3v) is 7.67. The fraction of sp³-hybridized carbons (Fsp3) is 0.300. The molecule has 35 heavy (non-hydrogen) atoms. The average Bonchev–Trinajstić information content (AvgIpc) is 3.09. The molecule has 2 N–H and O–H groups in total.